The van der Waals surface area contributed by atoms with Gasteiger partial charge in [0.2, 0.25) is 0 Å². The molecule has 0 unspecified atom stereocenters. The van der Waals surface area contributed by atoms with Gasteiger partial charge in [-0.1, -0.05) is 135 Å². The molecule has 0 aromatic heterocycles. The highest BCUT2D eigenvalue weighted by atomic mass is 15.1. The van der Waals surface area contributed by atoms with Gasteiger partial charge >= 0.3 is 0 Å². The second kappa shape index (κ2) is 11.5. The zero-order valence-electron chi connectivity index (χ0n) is 20.5. The minimum atomic E-state index is 0. The molecule has 6 aromatic carbocycles. The molecule has 0 N–H and O–H groups in total. The maximum Gasteiger partial charge on any atom is 0.0467 e. The quantitative estimate of drug-likeness (QED) is 0.224. The predicted molar refractivity (Wildman–Crippen MR) is 166 cm³/mol. The van der Waals surface area contributed by atoms with Gasteiger partial charge in [-0.05, 0) is 69.8 Å². The van der Waals surface area contributed by atoms with Crippen molar-refractivity contribution in [2.45, 2.75) is 7.43 Å². The van der Waals surface area contributed by atoms with Crippen molar-refractivity contribution >= 4 is 17.1 Å². The van der Waals surface area contributed by atoms with Gasteiger partial charge in [-0.2, -0.15) is 0 Å². The Morgan fingerprint density at radius 1 is 0.289 bits per heavy atom. The first-order chi connectivity index (χ1) is 18.3. The highest BCUT2D eigenvalue weighted by Crippen LogP contribution is 2.38. The smallest absolute Gasteiger partial charge is 0.0467 e. The van der Waals surface area contributed by atoms with E-state index in [0.717, 1.165) is 17.1 Å². The van der Waals surface area contributed by atoms with E-state index >= 15 is 0 Å². The van der Waals surface area contributed by atoms with Gasteiger partial charge in [0.1, 0.15) is 0 Å². The maximum atomic E-state index is 2.34. The van der Waals surface area contributed by atoms with E-state index in [2.05, 4.69) is 169 Å². The number of benzene rings is 6. The normalized spacial score (nSPS) is 10.4. The van der Waals surface area contributed by atoms with Crippen LogP contribution in [-0.2, 0) is 0 Å². The van der Waals surface area contributed by atoms with Crippen molar-refractivity contribution in [3.05, 3.63) is 164 Å². The average Bonchev–Trinajstić information content (AvgIpc) is 2.99. The van der Waals surface area contributed by atoms with Gasteiger partial charge in [0.05, 0.1) is 0 Å². The van der Waals surface area contributed by atoms with Crippen molar-refractivity contribution in [2.75, 3.05) is 4.90 Å². The first-order valence-corrected chi connectivity index (χ1v) is 12.6. The van der Waals surface area contributed by atoms with E-state index in [1.165, 1.54) is 33.4 Å². The standard InChI is InChI=1S/C36H27N.CH4.H2/c1-4-12-28(13-5-1)31-22-24-34(25-23-31)37(35-20-10-18-32(26-35)29-14-6-2-7-15-29)36-21-11-19-33(27-36)30-16-8-3-9-17-30;;/h1-27H;1H4;1H. The molecule has 0 aliphatic rings. The number of hydrogen-bond acceptors (Lipinski definition) is 1. The highest BCUT2D eigenvalue weighted by Gasteiger charge is 2.14. The van der Waals surface area contributed by atoms with Crippen LogP contribution in [0.4, 0.5) is 17.1 Å². The minimum absolute atomic E-state index is 0. The second-order valence-corrected chi connectivity index (χ2v) is 9.08. The van der Waals surface area contributed by atoms with Crippen molar-refractivity contribution in [3.63, 3.8) is 0 Å². The van der Waals surface area contributed by atoms with Crippen molar-refractivity contribution < 1.29 is 1.43 Å². The van der Waals surface area contributed by atoms with Crippen LogP contribution in [0.25, 0.3) is 33.4 Å². The van der Waals surface area contributed by atoms with E-state index in [-0.39, 0.29) is 8.85 Å². The summed E-state index contributed by atoms with van der Waals surface area (Å²) in [7, 11) is 0. The van der Waals surface area contributed by atoms with Crippen LogP contribution in [0.15, 0.2) is 164 Å². The van der Waals surface area contributed by atoms with Gasteiger partial charge in [0, 0.05) is 18.5 Å². The molecule has 0 saturated heterocycles. The summed E-state index contributed by atoms with van der Waals surface area (Å²) in [6.45, 7) is 0. The molecule has 0 fully saturated rings. The Morgan fingerprint density at radius 3 is 1.05 bits per heavy atom. The topological polar surface area (TPSA) is 3.24 Å². The molecule has 38 heavy (non-hydrogen) atoms. The Balaban J connectivity index is 0.00000176. The Kier molecular flexibility index (Phi) is 7.47. The fourth-order valence-corrected chi connectivity index (χ4v) is 4.79. The second-order valence-electron chi connectivity index (χ2n) is 9.08. The number of nitrogens with zero attached hydrogens (tertiary/aromatic N) is 1. The van der Waals surface area contributed by atoms with E-state index in [1.807, 2.05) is 0 Å². The van der Waals surface area contributed by atoms with Gasteiger partial charge in [-0.25, -0.2) is 0 Å². The van der Waals surface area contributed by atoms with Crippen LogP contribution in [-0.4, -0.2) is 0 Å². The van der Waals surface area contributed by atoms with Crippen molar-refractivity contribution in [1.82, 2.24) is 0 Å². The molecule has 0 atom stereocenters. The molecule has 0 aliphatic carbocycles. The van der Waals surface area contributed by atoms with Gasteiger partial charge < -0.3 is 4.90 Å². The monoisotopic (exact) mass is 491 g/mol. The Hall–Kier alpha value is -4.88. The van der Waals surface area contributed by atoms with Gasteiger partial charge in [0.25, 0.3) is 0 Å². The summed E-state index contributed by atoms with van der Waals surface area (Å²) in [6, 6.07) is 58.0. The summed E-state index contributed by atoms with van der Waals surface area (Å²) >= 11 is 0. The van der Waals surface area contributed by atoms with Crippen LogP contribution in [0.5, 0.6) is 0 Å². The molecule has 0 saturated carbocycles. The SMILES string of the molecule is C.[HH].c1ccc(-c2ccc(N(c3cccc(-c4ccccc4)c3)c3cccc(-c4ccccc4)c3)cc2)cc1. The van der Waals surface area contributed by atoms with Crippen molar-refractivity contribution in [1.29, 1.82) is 0 Å². The molecule has 0 spiro atoms. The van der Waals surface area contributed by atoms with Crippen LogP contribution >= 0.6 is 0 Å². The molecule has 1 heteroatoms. The van der Waals surface area contributed by atoms with E-state index in [4.69, 9.17) is 0 Å². The zero-order valence-corrected chi connectivity index (χ0v) is 20.5. The molecule has 0 aliphatic heterocycles. The third kappa shape index (κ3) is 5.28. The summed E-state index contributed by atoms with van der Waals surface area (Å²) in [5, 5.41) is 0. The maximum absolute atomic E-state index is 2.34. The van der Waals surface area contributed by atoms with Crippen LogP contribution in [0.2, 0.25) is 0 Å². The molecule has 0 radical (unpaired) electrons. The van der Waals surface area contributed by atoms with E-state index in [0.29, 0.717) is 0 Å². The fraction of sp³-hybridized carbons (Fsp3) is 0.0270. The number of rotatable bonds is 6. The van der Waals surface area contributed by atoms with Gasteiger partial charge in [0.15, 0.2) is 0 Å². The van der Waals surface area contributed by atoms with Crippen LogP contribution in [0.3, 0.4) is 0 Å². The first-order valence-electron chi connectivity index (χ1n) is 12.6. The fourth-order valence-electron chi connectivity index (χ4n) is 4.79. The lowest BCUT2D eigenvalue weighted by molar-refractivity contribution is 1.28. The molecule has 6 rings (SSSR count). The van der Waals surface area contributed by atoms with Crippen LogP contribution < -0.4 is 4.90 Å². The number of anilines is 3. The summed E-state index contributed by atoms with van der Waals surface area (Å²) in [5.74, 6) is 0. The summed E-state index contributed by atoms with van der Waals surface area (Å²) in [5.41, 5.74) is 10.6. The average molecular weight is 492 g/mol. The molecular formula is C37H33N. The highest BCUT2D eigenvalue weighted by molar-refractivity contribution is 5.83. The minimum Gasteiger partial charge on any atom is -0.310 e. The van der Waals surface area contributed by atoms with E-state index in [9.17, 15) is 0 Å². The molecule has 0 amide bonds. The lowest BCUT2D eigenvalue weighted by Crippen LogP contribution is -2.10. The predicted octanol–water partition coefficient (Wildman–Crippen LogP) is 11.0. The Bertz CT molecular complexity index is 1510. The molecule has 0 bridgehead atoms. The lowest BCUT2D eigenvalue weighted by atomic mass is 10.0. The molecule has 1 nitrogen and oxygen atoms in total. The molecule has 0 heterocycles. The largest absolute Gasteiger partial charge is 0.310 e. The summed E-state index contributed by atoms with van der Waals surface area (Å²) in [4.78, 5) is 2.34. The Labute approximate surface area is 227 Å². The van der Waals surface area contributed by atoms with Gasteiger partial charge in [-0.15, -0.1) is 0 Å². The lowest BCUT2D eigenvalue weighted by Gasteiger charge is -2.27. The third-order valence-corrected chi connectivity index (χ3v) is 6.66. The van der Waals surface area contributed by atoms with Crippen molar-refractivity contribution in [2.24, 2.45) is 0 Å². The number of hydrogen-bond donors (Lipinski definition) is 0. The molecule has 186 valence electrons. The van der Waals surface area contributed by atoms with Crippen molar-refractivity contribution in [3.8, 4) is 33.4 Å². The van der Waals surface area contributed by atoms with E-state index < -0.39 is 0 Å². The first kappa shape index (κ1) is 24.8. The van der Waals surface area contributed by atoms with Crippen LogP contribution in [0.1, 0.15) is 8.85 Å². The molecule has 6 aromatic rings. The zero-order chi connectivity index (χ0) is 24.9. The van der Waals surface area contributed by atoms with Gasteiger partial charge in [-0.3, -0.25) is 0 Å². The van der Waals surface area contributed by atoms with Crippen LogP contribution in [0, 0.1) is 0 Å². The Morgan fingerprint density at radius 2 is 0.632 bits per heavy atom. The third-order valence-electron chi connectivity index (χ3n) is 6.66. The summed E-state index contributed by atoms with van der Waals surface area (Å²) in [6.07, 6.45) is 0. The molecular weight excluding hydrogens is 458 g/mol. The summed E-state index contributed by atoms with van der Waals surface area (Å²) < 4.78 is 0. The van der Waals surface area contributed by atoms with E-state index in [1.54, 1.807) is 0 Å².